The number of unbranched alkanes of at least 4 members (excludes halogenated alkanes) is 11. The maximum Gasteiger partial charge on any atom is 0.224 e. The molecule has 5 heteroatoms. The van der Waals surface area contributed by atoms with E-state index < -0.39 is 0 Å². The van der Waals surface area contributed by atoms with E-state index in [9.17, 15) is 4.79 Å². The molecule has 5 nitrogen and oxygen atoms in total. The summed E-state index contributed by atoms with van der Waals surface area (Å²) in [5, 5.41) is 3.01. The Morgan fingerprint density at radius 2 is 1.17 bits per heavy atom. The van der Waals surface area contributed by atoms with Crippen molar-refractivity contribution in [2.24, 2.45) is 0 Å². The maximum atomic E-state index is 12.6. The first-order chi connectivity index (χ1) is 17.2. The number of rotatable bonds is 22. The number of hydrogen-bond acceptors (Lipinski definition) is 4. The molecule has 0 aliphatic heterocycles. The third-order valence-corrected chi connectivity index (χ3v) is 5.88. The summed E-state index contributed by atoms with van der Waals surface area (Å²) in [6.07, 6.45) is 21.4. The number of hydrogen-bond donors (Lipinski definition) is 1. The normalized spacial score (nSPS) is 11.1. The van der Waals surface area contributed by atoms with Crippen molar-refractivity contribution in [2.75, 3.05) is 25.1 Å². The lowest BCUT2D eigenvalue weighted by Crippen LogP contribution is -2.14. The van der Waals surface area contributed by atoms with E-state index in [0.29, 0.717) is 49.2 Å². The van der Waals surface area contributed by atoms with Crippen LogP contribution in [-0.2, 0) is 4.79 Å². The Morgan fingerprint density at radius 3 is 1.69 bits per heavy atom. The zero-order valence-electron chi connectivity index (χ0n) is 23.0. The van der Waals surface area contributed by atoms with Gasteiger partial charge in [0, 0.05) is 18.6 Å². The van der Waals surface area contributed by atoms with Crippen LogP contribution in [0.2, 0.25) is 0 Å². The Morgan fingerprint density at radius 1 is 0.686 bits per heavy atom. The Hall–Kier alpha value is -2.17. The molecule has 1 aromatic carbocycles. The van der Waals surface area contributed by atoms with Crippen molar-refractivity contribution in [3.8, 4) is 17.2 Å². The summed E-state index contributed by atoms with van der Waals surface area (Å²) in [5.41, 5.74) is 0.592. The zero-order valence-corrected chi connectivity index (χ0v) is 23.0. The molecular weight excluding hydrogens is 438 g/mol. The van der Waals surface area contributed by atoms with Crippen LogP contribution < -0.4 is 19.5 Å². The summed E-state index contributed by atoms with van der Waals surface area (Å²) in [5.74, 6) is 1.84. The van der Waals surface area contributed by atoms with Crippen LogP contribution in [0, 0.1) is 0 Å². The van der Waals surface area contributed by atoms with E-state index in [-0.39, 0.29) is 5.91 Å². The molecule has 0 saturated carbocycles. The highest BCUT2D eigenvalue weighted by Crippen LogP contribution is 2.39. The fourth-order valence-corrected chi connectivity index (χ4v) is 4.04. The van der Waals surface area contributed by atoms with Crippen molar-refractivity contribution in [3.63, 3.8) is 0 Å². The first-order valence-corrected chi connectivity index (χ1v) is 14.2. The van der Waals surface area contributed by atoms with Gasteiger partial charge >= 0.3 is 0 Å². The molecule has 0 radical (unpaired) electrons. The number of carbonyl (C=O) groups is 1. The van der Waals surface area contributed by atoms with Crippen molar-refractivity contribution < 1.29 is 19.0 Å². The van der Waals surface area contributed by atoms with E-state index >= 15 is 0 Å². The minimum absolute atomic E-state index is 0.00584. The molecule has 0 saturated heterocycles. The van der Waals surface area contributed by atoms with Gasteiger partial charge in [0.25, 0.3) is 0 Å². The average Bonchev–Trinajstić information content (AvgIpc) is 2.84. The van der Waals surface area contributed by atoms with Crippen LogP contribution in [0.15, 0.2) is 24.3 Å². The number of benzene rings is 1. The predicted molar refractivity (Wildman–Crippen MR) is 148 cm³/mol. The van der Waals surface area contributed by atoms with Crippen molar-refractivity contribution in [1.82, 2.24) is 0 Å². The average molecular weight is 490 g/mol. The molecule has 1 rings (SSSR count). The number of anilines is 1. The lowest BCUT2D eigenvalue weighted by atomic mass is 10.1. The summed E-state index contributed by atoms with van der Waals surface area (Å²) in [6, 6.07) is 3.63. The van der Waals surface area contributed by atoms with Gasteiger partial charge in [-0.3, -0.25) is 4.79 Å². The third-order valence-electron chi connectivity index (χ3n) is 5.88. The smallest absolute Gasteiger partial charge is 0.224 e. The summed E-state index contributed by atoms with van der Waals surface area (Å²) < 4.78 is 17.1. The molecule has 0 unspecified atom stereocenters. The van der Waals surface area contributed by atoms with Gasteiger partial charge in [-0.05, 0) is 52.9 Å². The van der Waals surface area contributed by atoms with Gasteiger partial charge in [-0.1, -0.05) is 70.4 Å². The highest BCUT2D eigenvalue weighted by atomic mass is 16.5. The van der Waals surface area contributed by atoms with Crippen LogP contribution in [0.4, 0.5) is 5.69 Å². The molecular formula is C30H51NO4. The van der Waals surface area contributed by atoms with Crippen molar-refractivity contribution in [2.45, 2.75) is 118 Å². The fraction of sp³-hybridized carbons (Fsp3) is 0.700. The van der Waals surface area contributed by atoms with Crippen LogP contribution in [0.1, 0.15) is 118 Å². The Kier molecular flexibility index (Phi) is 18.6. The highest BCUT2D eigenvalue weighted by Gasteiger charge is 2.17. The minimum Gasteiger partial charge on any atom is -0.494 e. The Labute approximate surface area is 215 Å². The van der Waals surface area contributed by atoms with Gasteiger partial charge in [-0.25, -0.2) is 0 Å². The molecule has 35 heavy (non-hydrogen) atoms. The number of ether oxygens (including phenoxy) is 3. The third kappa shape index (κ3) is 14.7. The second-order valence-corrected chi connectivity index (χ2v) is 8.98. The van der Waals surface area contributed by atoms with Crippen LogP contribution >= 0.6 is 0 Å². The van der Waals surface area contributed by atoms with Crippen LogP contribution in [0.5, 0.6) is 17.2 Å². The topological polar surface area (TPSA) is 56.8 Å². The lowest BCUT2D eigenvalue weighted by molar-refractivity contribution is -0.116. The Balaban J connectivity index is 2.27. The largest absolute Gasteiger partial charge is 0.494 e. The van der Waals surface area contributed by atoms with E-state index in [1.165, 1.54) is 70.6 Å². The molecule has 0 aromatic heterocycles. The van der Waals surface area contributed by atoms with E-state index in [1.807, 2.05) is 32.9 Å². The van der Waals surface area contributed by atoms with Gasteiger partial charge < -0.3 is 19.5 Å². The molecule has 0 bridgehead atoms. The summed E-state index contributed by atoms with van der Waals surface area (Å²) in [4.78, 5) is 12.6. The van der Waals surface area contributed by atoms with Crippen LogP contribution in [0.25, 0.3) is 0 Å². The predicted octanol–water partition coefficient (Wildman–Crippen LogP) is 8.86. The van der Waals surface area contributed by atoms with Gasteiger partial charge in [0.05, 0.1) is 19.8 Å². The first kappa shape index (κ1) is 30.9. The minimum atomic E-state index is -0.00584. The molecule has 0 spiro atoms. The molecule has 0 atom stereocenters. The number of amides is 1. The SMILES string of the molecule is CCCCCCCCC=CCCCCCCCC(=O)Nc1c(OCC)cc(OCC)cc1OCC. The van der Waals surface area contributed by atoms with Gasteiger partial charge in [0.2, 0.25) is 5.91 Å². The summed E-state index contributed by atoms with van der Waals surface area (Å²) in [7, 11) is 0. The molecule has 200 valence electrons. The summed E-state index contributed by atoms with van der Waals surface area (Å²) >= 11 is 0. The molecule has 1 amide bonds. The zero-order chi connectivity index (χ0) is 25.6. The van der Waals surface area contributed by atoms with E-state index in [1.54, 1.807) is 0 Å². The second-order valence-electron chi connectivity index (χ2n) is 8.98. The van der Waals surface area contributed by atoms with E-state index in [4.69, 9.17) is 14.2 Å². The molecule has 0 aliphatic carbocycles. The fourth-order valence-electron chi connectivity index (χ4n) is 4.04. The van der Waals surface area contributed by atoms with E-state index in [0.717, 1.165) is 12.8 Å². The van der Waals surface area contributed by atoms with Gasteiger partial charge in [0.1, 0.15) is 22.9 Å². The molecule has 0 fully saturated rings. The molecule has 0 aliphatic rings. The summed E-state index contributed by atoms with van der Waals surface area (Å²) in [6.45, 7) is 9.59. The number of carbonyl (C=O) groups excluding carboxylic acids is 1. The van der Waals surface area contributed by atoms with Gasteiger partial charge in [-0.15, -0.1) is 0 Å². The molecule has 1 aromatic rings. The maximum absolute atomic E-state index is 12.6. The Bertz CT molecular complexity index is 675. The number of nitrogens with one attached hydrogen (secondary N) is 1. The van der Waals surface area contributed by atoms with Crippen molar-refractivity contribution in [3.05, 3.63) is 24.3 Å². The quantitative estimate of drug-likeness (QED) is 0.130. The standard InChI is InChI=1S/C30H51NO4/c1-5-9-10-11-12-13-14-15-16-17-18-19-20-21-22-23-29(32)31-30-27(34-7-3)24-26(33-6-2)25-28(30)35-8-4/h15-16,24-25H,5-14,17-23H2,1-4H3,(H,31,32). The van der Waals surface area contributed by atoms with E-state index in [2.05, 4.69) is 24.4 Å². The molecule has 1 N–H and O–H groups in total. The van der Waals surface area contributed by atoms with Crippen LogP contribution in [-0.4, -0.2) is 25.7 Å². The lowest BCUT2D eigenvalue weighted by Gasteiger charge is -2.18. The molecule has 0 heterocycles. The van der Waals surface area contributed by atoms with Crippen LogP contribution in [0.3, 0.4) is 0 Å². The van der Waals surface area contributed by atoms with Crippen molar-refractivity contribution >= 4 is 11.6 Å². The van der Waals surface area contributed by atoms with Crippen molar-refractivity contribution in [1.29, 1.82) is 0 Å². The second kappa shape index (κ2) is 21.1. The van der Waals surface area contributed by atoms with Gasteiger partial charge in [-0.2, -0.15) is 0 Å². The first-order valence-electron chi connectivity index (χ1n) is 14.2. The number of allylic oxidation sites excluding steroid dienone is 2. The monoisotopic (exact) mass is 489 g/mol. The highest BCUT2D eigenvalue weighted by molar-refractivity contribution is 5.94. The van der Waals surface area contributed by atoms with Gasteiger partial charge in [0.15, 0.2) is 0 Å².